The van der Waals surface area contributed by atoms with Gasteiger partial charge in [0.25, 0.3) is 0 Å². The predicted molar refractivity (Wildman–Crippen MR) is 94.6 cm³/mol. The summed E-state index contributed by atoms with van der Waals surface area (Å²) in [6, 6.07) is 15.4. The van der Waals surface area contributed by atoms with Crippen molar-refractivity contribution in [2.24, 2.45) is 0 Å². The summed E-state index contributed by atoms with van der Waals surface area (Å²) in [5.41, 5.74) is 2.10. The summed E-state index contributed by atoms with van der Waals surface area (Å²) < 4.78 is 19.2. The van der Waals surface area contributed by atoms with Crippen LogP contribution in [0.4, 0.5) is 4.39 Å². The van der Waals surface area contributed by atoms with Gasteiger partial charge in [0.05, 0.1) is 6.61 Å². The number of piperazine rings is 1. The van der Waals surface area contributed by atoms with E-state index in [0.29, 0.717) is 13.2 Å². The molecule has 0 N–H and O–H groups in total. The van der Waals surface area contributed by atoms with Crippen LogP contribution >= 0.6 is 0 Å². The first-order valence-electron chi connectivity index (χ1n) is 8.64. The molecular weight excluding hydrogens is 303 g/mol. The molecule has 24 heavy (non-hydrogen) atoms. The first-order chi connectivity index (χ1) is 11.7. The molecule has 0 unspecified atom stereocenters. The molecule has 1 heterocycles. The number of ether oxygens (including phenoxy) is 1. The minimum atomic E-state index is -0.102. The zero-order chi connectivity index (χ0) is 16.8. The molecule has 2 aromatic rings. The number of halogens is 1. The van der Waals surface area contributed by atoms with Crippen molar-refractivity contribution in [1.29, 1.82) is 0 Å². The number of benzene rings is 2. The molecule has 1 aliphatic rings. The highest BCUT2D eigenvalue weighted by molar-refractivity contribution is 5.27. The van der Waals surface area contributed by atoms with Gasteiger partial charge in [-0.15, -0.1) is 0 Å². The molecule has 0 spiro atoms. The van der Waals surface area contributed by atoms with Gasteiger partial charge in [0.1, 0.15) is 11.6 Å². The molecule has 0 atom stereocenters. The quantitative estimate of drug-likeness (QED) is 0.807. The zero-order valence-corrected chi connectivity index (χ0v) is 14.2. The highest BCUT2D eigenvalue weighted by Gasteiger charge is 2.18. The van der Waals surface area contributed by atoms with E-state index < -0.39 is 0 Å². The molecule has 1 fully saturated rings. The van der Waals surface area contributed by atoms with Crippen molar-refractivity contribution in [3.63, 3.8) is 0 Å². The fraction of sp³-hybridized carbons (Fsp3) is 0.400. The summed E-state index contributed by atoms with van der Waals surface area (Å²) in [6.45, 7) is 8.33. The number of hydrogen-bond donors (Lipinski definition) is 0. The van der Waals surface area contributed by atoms with E-state index in [-0.39, 0.29) is 5.82 Å². The van der Waals surface area contributed by atoms with Crippen LogP contribution in [0.5, 0.6) is 5.75 Å². The molecule has 1 saturated heterocycles. The third-order valence-corrected chi connectivity index (χ3v) is 4.46. The van der Waals surface area contributed by atoms with Crippen molar-refractivity contribution < 1.29 is 9.13 Å². The fourth-order valence-corrected chi connectivity index (χ4v) is 3.09. The smallest absolute Gasteiger partial charge is 0.127 e. The topological polar surface area (TPSA) is 15.7 Å². The van der Waals surface area contributed by atoms with Crippen LogP contribution in [0, 0.1) is 5.82 Å². The van der Waals surface area contributed by atoms with Gasteiger partial charge in [0.15, 0.2) is 0 Å². The van der Waals surface area contributed by atoms with Gasteiger partial charge >= 0.3 is 0 Å². The standard InChI is InChI=1S/C20H25FN2O/c1-2-24-19-9-7-17(8-10-19)15-22-11-13-23(14-12-22)16-18-5-3-4-6-20(18)21/h3-10H,2,11-16H2,1H3. The van der Waals surface area contributed by atoms with Gasteiger partial charge in [-0.1, -0.05) is 30.3 Å². The molecule has 0 saturated carbocycles. The maximum absolute atomic E-state index is 13.7. The van der Waals surface area contributed by atoms with E-state index in [0.717, 1.165) is 44.0 Å². The van der Waals surface area contributed by atoms with E-state index in [4.69, 9.17) is 4.74 Å². The van der Waals surface area contributed by atoms with Gasteiger partial charge < -0.3 is 4.74 Å². The Morgan fingerprint density at radius 1 is 0.875 bits per heavy atom. The summed E-state index contributed by atoms with van der Waals surface area (Å²) in [7, 11) is 0. The summed E-state index contributed by atoms with van der Waals surface area (Å²) in [5.74, 6) is 0.824. The third kappa shape index (κ3) is 4.56. The van der Waals surface area contributed by atoms with Crippen molar-refractivity contribution in [3.8, 4) is 5.75 Å². The Bertz CT molecular complexity index is 636. The Kier molecular flexibility index (Phi) is 5.83. The second-order valence-corrected chi connectivity index (χ2v) is 6.22. The molecule has 0 aliphatic carbocycles. The molecular formula is C20H25FN2O. The molecule has 0 radical (unpaired) electrons. The minimum Gasteiger partial charge on any atom is -0.494 e. The number of nitrogens with zero attached hydrogens (tertiary/aromatic N) is 2. The number of hydrogen-bond acceptors (Lipinski definition) is 3. The van der Waals surface area contributed by atoms with Crippen molar-refractivity contribution in [3.05, 3.63) is 65.5 Å². The summed E-state index contributed by atoms with van der Waals surface area (Å²) in [6.07, 6.45) is 0. The van der Waals surface area contributed by atoms with Gasteiger partial charge in [-0.3, -0.25) is 9.80 Å². The average Bonchev–Trinajstić information content (AvgIpc) is 2.61. The van der Waals surface area contributed by atoms with E-state index in [1.165, 1.54) is 11.6 Å². The van der Waals surface area contributed by atoms with Crippen LogP contribution in [0.25, 0.3) is 0 Å². The molecule has 1 aliphatic heterocycles. The predicted octanol–water partition coefficient (Wildman–Crippen LogP) is 3.54. The summed E-state index contributed by atoms with van der Waals surface area (Å²) >= 11 is 0. The van der Waals surface area contributed by atoms with Crippen LogP contribution in [-0.4, -0.2) is 42.6 Å². The Balaban J connectivity index is 1.47. The van der Waals surface area contributed by atoms with Crippen molar-refractivity contribution in [2.45, 2.75) is 20.0 Å². The van der Waals surface area contributed by atoms with E-state index in [2.05, 4.69) is 21.9 Å². The lowest BCUT2D eigenvalue weighted by Gasteiger charge is -2.34. The average molecular weight is 328 g/mol. The monoisotopic (exact) mass is 328 g/mol. The van der Waals surface area contributed by atoms with Crippen molar-refractivity contribution in [1.82, 2.24) is 9.80 Å². The lowest BCUT2D eigenvalue weighted by Crippen LogP contribution is -2.45. The Hall–Kier alpha value is -1.91. The molecule has 4 heteroatoms. The summed E-state index contributed by atoms with van der Waals surface area (Å²) in [5, 5.41) is 0. The minimum absolute atomic E-state index is 0.102. The molecule has 3 rings (SSSR count). The molecule has 0 amide bonds. The zero-order valence-electron chi connectivity index (χ0n) is 14.2. The second-order valence-electron chi connectivity index (χ2n) is 6.22. The van der Waals surface area contributed by atoms with Gasteiger partial charge in [-0.05, 0) is 30.7 Å². The maximum atomic E-state index is 13.7. The lowest BCUT2D eigenvalue weighted by molar-refractivity contribution is 0.121. The van der Waals surface area contributed by atoms with Crippen LogP contribution in [-0.2, 0) is 13.1 Å². The maximum Gasteiger partial charge on any atom is 0.127 e. The van der Waals surface area contributed by atoms with E-state index in [1.807, 2.05) is 31.2 Å². The van der Waals surface area contributed by atoms with Crippen LogP contribution < -0.4 is 4.74 Å². The first kappa shape index (κ1) is 16.9. The van der Waals surface area contributed by atoms with Crippen LogP contribution in [0.3, 0.4) is 0 Å². The summed E-state index contributed by atoms with van der Waals surface area (Å²) in [4.78, 5) is 4.78. The molecule has 2 aromatic carbocycles. The van der Waals surface area contributed by atoms with E-state index >= 15 is 0 Å². The lowest BCUT2D eigenvalue weighted by atomic mass is 10.1. The molecule has 0 bridgehead atoms. The third-order valence-electron chi connectivity index (χ3n) is 4.46. The first-order valence-corrected chi connectivity index (χ1v) is 8.64. The highest BCUT2D eigenvalue weighted by atomic mass is 19.1. The molecule has 0 aromatic heterocycles. The van der Waals surface area contributed by atoms with Crippen molar-refractivity contribution >= 4 is 0 Å². The molecule has 3 nitrogen and oxygen atoms in total. The normalized spacial score (nSPS) is 16.2. The number of rotatable bonds is 6. The Morgan fingerprint density at radius 3 is 2.12 bits per heavy atom. The Labute approximate surface area is 143 Å². The van der Waals surface area contributed by atoms with Crippen LogP contribution in [0.15, 0.2) is 48.5 Å². The second kappa shape index (κ2) is 8.27. The van der Waals surface area contributed by atoms with Crippen LogP contribution in [0.2, 0.25) is 0 Å². The SMILES string of the molecule is CCOc1ccc(CN2CCN(Cc3ccccc3F)CC2)cc1. The van der Waals surface area contributed by atoms with Gasteiger partial charge in [-0.2, -0.15) is 0 Å². The van der Waals surface area contributed by atoms with Gasteiger partial charge in [-0.25, -0.2) is 4.39 Å². The fourth-order valence-electron chi connectivity index (χ4n) is 3.09. The Morgan fingerprint density at radius 2 is 1.50 bits per heavy atom. The van der Waals surface area contributed by atoms with Gasteiger partial charge in [0.2, 0.25) is 0 Å². The molecule has 128 valence electrons. The van der Waals surface area contributed by atoms with E-state index in [9.17, 15) is 4.39 Å². The van der Waals surface area contributed by atoms with E-state index in [1.54, 1.807) is 6.07 Å². The van der Waals surface area contributed by atoms with Gasteiger partial charge in [0, 0.05) is 44.8 Å². The highest BCUT2D eigenvalue weighted by Crippen LogP contribution is 2.16. The van der Waals surface area contributed by atoms with Crippen molar-refractivity contribution in [2.75, 3.05) is 32.8 Å². The van der Waals surface area contributed by atoms with Crippen LogP contribution in [0.1, 0.15) is 18.1 Å². The largest absolute Gasteiger partial charge is 0.494 e.